The minimum atomic E-state index is 0.806. The number of aromatic nitrogens is 2. The van der Waals surface area contributed by atoms with Gasteiger partial charge in [0, 0.05) is 35.4 Å². The number of pyridine rings is 1. The van der Waals surface area contributed by atoms with Crippen LogP contribution in [0.1, 0.15) is 19.3 Å². The normalized spacial score (nSPS) is 15.0. The highest BCUT2D eigenvalue weighted by Gasteiger charge is 2.13. The summed E-state index contributed by atoms with van der Waals surface area (Å²) in [6, 6.07) is 17.2. The number of benzene rings is 2. The summed E-state index contributed by atoms with van der Waals surface area (Å²) in [5.41, 5.74) is 5.59. The largest absolute Gasteiger partial charge is 0.339 e. The van der Waals surface area contributed by atoms with Crippen molar-refractivity contribution in [3.63, 3.8) is 0 Å². The standard InChI is InChI=1S/C23H25N5S/c1-6-13-27(14-7-1)15-16-28-20-10-4-2-8-18(20)22(19-9-3-5-11-21(19)28)25-26-23-24-12-17-29-23/h2-5,8-12,17H,1,6-7,13-16H2,(H,24,26). The van der Waals surface area contributed by atoms with E-state index in [1.165, 1.54) is 43.4 Å². The average Bonchev–Trinajstić information content (AvgIpc) is 3.30. The number of fused-ring (bicyclic) bond motifs is 2. The average molecular weight is 404 g/mol. The maximum atomic E-state index is 4.77. The number of likely N-dealkylation sites (tertiary alicyclic amines) is 1. The van der Waals surface area contributed by atoms with Gasteiger partial charge in [0.1, 0.15) is 5.36 Å². The summed E-state index contributed by atoms with van der Waals surface area (Å²) in [4.78, 5) is 6.89. The Kier molecular flexibility index (Phi) is 5.28. The molecule has 3 heterocycles. The van der Waals surface area contributed by atoms with Gasteiger partial charge >= 0.3 is 0 Å². The van der Waals surface area contributed by atoms with Crippen molar-refractivity contribution in [3.05, 3.63) is 65.5 Å². The minimum absolute atomic E-state index is 0.806. The van der Waals surface area contributed by atoms with Crippen molar-refractivity contribution in [2.24, 2.45) is 5.10 Å². The van der Waals surface area contributed by atoms with Gasteiger partial charge in [-0.2, -0.15) is 5.10 Å². The van der Waals surface area contributed by atoms with Crippen molar-refractivity contribution in [2.75, 3.05) is 25.1 Å². The molecule has 1 aliphatic rings. The number of hydrogen-bond donors (Lipinski definition) is 1. The first kappa shape index (κ1) is 18.3. The molecule has 0 spiro atoms. The molecule has 6 heteroatoms. The molecular weight excluding hydrogens is 378 g/mol. The van der Waals surface area contributed by atoms with Crippen LogP contribution in [0.3, 0.4) is 0 Å². The summed E-state index contributed by atoms with van der Waals surface area (Å²) in [6.45, 7) is 4.52. The predicted molar refractivity (Wildman–Crippen MR) is 121 cm³/mol. The lowest BCUT2D eigenvalue weighted by molar-refractivity contribution is 0.222. The molecule has 4 aromatic rings. The molecule has 0 radical (unpaired) electrons. The van der Waals surface area contributed by atoms with E-state index >= 15 is 0 Å². The van der Waals surface area contributed by atoms with Crippen LogP contribution in [0.2, 0.25) is 0 Å². The van der Waals surface area contributed by atoms with Gasteiger partial charge in [-0.25, -0.2) is 4.98 Å². The van der Waals surface area contributed by atoms with Crippen LogP contribution in [0.4, 0.5) is 5.13 Å². The zero-order valence-corrected chi connectivity index (χ0v) is 17.2. The number of rotatable bonds is 5. The van der Waals surface area contributed by atoms with Crippen molar-refractivity contribution in [2.45, 2.75) is 25.8 Å². The van der Waals surface area contributed by atoms with Gasteiger partial charge in [0.05, 0.1) is 11.0 Å². The first-order valence-electron chi connectivity index (χ1n) is 10.3. The Balaban J connectivity index is 1.63. The van der Waals surface area contributed by atoms with Gasteiger partial charge < -0.3 is 9.47 Å². The molecule has 0 bridgehead atoms. The summed E-state index contributed by atoms with van der Waals surface area (Å²) in [5.74, 6) is 0. The SMILES string of the molecule is c1ccc2c(c1)c(=NNc1nccs1)c1ccccc1n2CCN1CCCCC1. The molecule has 0 atom stereocenters. The van der Waals surface area contributed by atoms with Crippen molar-refractivity contribution in [1.82, 2.24) is 14.5 Å². The number of para-hydroxylation sites is 2. The van der Waals surface area contributed by atoms with Gasteiger partial charge in [-0.15, -0.1) is 11.3 Å². The van der Waals surface area contributed by atoms with Crippen LogP contribution >= 0.6 is 11.3 Å². The molecule has 5 nitrogen and oxygen atoms in total. The topological polar surface area (TPSA) is 45.5 Å². The zero-order chi connectivity index (χ0) is 19.5. The lowest BCUT2D eigenvalue weighted by Gasteiger charge is -2.27. The third-order valence-corrected chi connectivity index (χ3v) is 6.36. The molecule has 2 aromatic carbocycles. The minimum Gasteiger partial charge on any atom is -0.339 e. The second-order valence-corrected chi connectivity index (χ2v) is 8.39. The fourth-order valence-electron chi connectivity index (χ4n) is 4.26. The predicted octanol–water partition coefficient (Wildman–Crippen LogP) is 4.66. The van der Waals surface area contributed by atoms with E-state index in [2.05, 4.69) is 68.4 Å². The van der Waals surface area contributed by atoms with Gasteiger partial charge in [0.15, 0.2) is 0 Å². The Hall–Kier alpha value is -2.70. The Bertz CT molecular complexity index is 1110. The smallest absolute Gasteiger partial charge is 0.203 e. The highest BCUT2D eigenvalue weighted by Crippen LogP contribution is 2.20. The lowest BCUT2D eigenvalue weighted by atomic mass is 10.1. The van der Waals surface area contributed by atoms with Crippen LogP contribution in [0.5, 0.6) is 0 Å². The molecule has 0 aliphatic carbocycles. The van der Waals surface area contributed by atoms with Gasteiger partial charge in [-0.3, -0.25) is 5.43 Å². The number of nitrogens with one attached hydrogen (secondary N) is 1. The molecule has 2 aromatic heterocycles. The van der Waals surface area contributed by atoms with Crippen molar-refractivity contribution in [1.29, 1.82) is 0 Å². The molecule has 148 valence electrons. The Morgan fingerprint density at radius 3 is 2.24 bits per heavy atom. The van der Waals surface area contributed by atoms with E-state index in [9.17, 15) is 0 Å². The third kappa shape index (κ3) is 3.78. The Morgan fingerprint density at radius 1 is 0.897 bits per heavy atom. The summed E-state index contributed by atoms with van der Waals surface area (Å²) in [5, 5.41) is 10.8. The van der Waals surface area contributed by atoms with Crippen LogP contribution < -0.4 is 10.8 Å². The number of nitrogens with zero attached hydrogens (tertiary/aromatic N) is 4. The molecule has 0 unspecified atom stereocenters. The van der Waals surface area contributed by atoms with Gasteiger partial charge in [0.2, 0.25) is 5.13 Å². The highest BCUT2D eigenvalue weighted by molar-refractivity contribution is 7.13. The first-order valence-corrected chi connectivity index (χ1v) is 11.2. The molecular formula is C23H25N5S. The van der Waals surface area contributed by atoms with E-state index in [1.807, 2.05) is 5.38 Å². The molecule has 1 fully saturated rings. The van der Waals surface area contributed by atoms with Crippen LogP contribution in [0.15, 0.2) is 65.2 Å². The maximum absolute atomic E-state index is 4.77. The molecule has 5 rings (SSSR count). The third-order valence-electron chi connectivity index (χ3n) is 5.68. The molecule has 1 N–H and O–H groups in total. The fourth-order valence-corrected chi connectivity index (χ4v) is 4.73. The Morgan fingerprint density at radius 2 is 1.59 bits per heavy atom. The first-order chi connectivity index (χ1) is 14.4. The molecule has 29 heavy (non-hydrogen) atoms. The van der Waals surface area contributed by atoms with Gasteiger partial charge in [-0.05, 0) is 38.1 Å². The number of anilines is 1. The van der Waals surface area contributed by atoms with Crippen LogP contribution in [0, 0.1) is 0 Å². The fraction of sp³-hybridized carbons (Fsp3) is 0.304. The maximum Gasteiger partial charge on any atom is 0.203 e. The molecule has 1 aliphatic heterocycles. The highest BCUT2D eigenvalue weighted by atomic mass is 32.1. The Labute approximate surface area is 174 Å². The summed E-state index contributed by atoms with van der Waals surface area (Å²) in [6.07, 6.45) is 5.81. The van der Waals surface area contributed by atoms with E-state index < -0.39 is 0 Å². The molecule has 1 saturated heterocycles. The van der Waals surface area contributed by atoms with Gasteiger partial charge in [0.25, 0.3) is 0 Å². The lowest BCUT2D eigenvalue weighted by Crippen LogP contribution is -2.33. The summed E-state index contributed by atoms with van der Waals surface area (Å²) >= 11 is 1.55. The zero-order valence-electron chi connectivity index (χ0n) is 16.4. The van der Waals surface area contributed by atoms with Crippen molar-refractivity contribution in [3.8, 4) is 0 Å². The van der Waals surface area contributed by atoms with E-state index in [0.717, 1.165) is 34.4 Å². The second-order valence-electron chi connectivity index (χ2n) is 7.50. The quantitative estimate of drug-likeness (QED) is 0.389. The van der Waals surface area contributed by atoms with E-state index in [-0.39, 0.29) is 0 Å². The number of piperidine rings is 1. The van der Waals surface area contributed by atoms with Crippen molar-refractivity contribution < 1.29 is 0 Å². The van der Waals surface area contributed by atoms with Crippen LogP contribution in [0.25, 0.3) is 21.8 Å². The van der Waals surface area contributed by atoms with E-state index in [0.29, 0.717) is 0 Å². The second kappa shape index (κ2) is 8.35. The van der Waals surface area contributed by atoms with Crippen molar-refractivity contribution >= 4 is 38.3 Å². The molecule has 0 saturated carbocycles. The van der Waals surface area contributed by atoms with Gasteiger partial charge in [-0.1, -0.05) is 42.8 Å². The number of thiazole rings is 1. The summed E-state index contributed by atoms with van der Waals surface area (Å²) in [7, 11) is 0. The summed E-state index contributed by atoms with van der Waals surface area (Å²) < 4.78 is 2.46. The monoisotopic (exact) mass is 403 g/mol. The van der Waals surface area contributed by atoms with Crippen LogP contribution in [-0.4, -0.2) is 34.1 Å². The van der Waals surface area contributed by atoms with E-state index in [1.54, 1.807) is 17.5 Å². The number of hydrogen-bond acceptors (Lipinski definition) is 5. The van der Waals surface area contributed by atoms with E-state index in [4.69, 9.17) is 5.10 Å². The molecule has 0 amide bonds. The van der Waals surface area contributed by atoms with Crippen LogP contribution in [-0.2, 0) is 6.54 Å².